The second-order valence-electron chi connectivity index (χ2n) is 2.58. The molecule has 0 N–H and O–H groups in total. The topological polar surface area (TPSA) is 26.3 Å². The van der Waals surface area contributed by atoms with Gasteiger partial charge in [-0.05, 0) is 12.1 Å². The average molecular weight is 276 g/mol. The molecule has 0 aliphatic carbocycles. The summed E-state index contributed by atoms with van der Waals surface area (Å²) >= 11 is 9.01. The summed E-state index contributed by atoms with van der Waals surface area (Å²) in [5.41, 5.74) is 0.436. The standard InChI is InChI=1S/C10H8BrClO2/c1-7(11)6-14-10-8(5-13)3-2-4-9(10)12/h2-5H,1,6H2. The average Bonchev–Trinajstić information content (AvgIpc) is 2.15. The highest BCUT2D eigenvalue weighted by molar-refractivity contribution is 9.11. The Morgan fingerprint density at radius 1 is 1.64 bits per heavy atom. The number of halogens is 2. The van der Waals surface area contributed by atoms with Crippen LogP contribution in [0.15, 0.2) is 29.3 Å². The third kappa shape index (κ3) is 2.86. The zero-order valence-electron chi connectivity index (χ0n) is 7.30. The lowest BCUT2D eigenvalue weighted by Crippen LogP contribution is -1.99. The van der Waals surface area contributed by atoms with Crippen molar-refractivity contribution in [1.82, 2.24) is 0 Å². The third-order valence-corrected chi connectivity index (χ3v) is 2.02. The van der Waals surface area contributed by atoms with Crippen LogP contribution in [0.25, 0.3) is 0 Å². The van der Waals surface area contributed by atoms with Gasteiger partial charge in [0.15, 0.2) is 6.29 Å². The van der Waals surface area contributed by atoms with E-state index in [0.29, 0.717) is 27.1 Å². The second-order valence-corrected chi connectivity index (χ2v) is 4.11. The summed E-state index contributed by atoms with van der Waals surface area (Å²) < 4.78 is 6.00. The lowest BCUT2D eigenvalue weighted by molar-refractivity contribution is 0.112. The van der Waals surface area contributed by atoms with Gasteiger partial charge >= 0.3 is 0 Å². The normalized spacial score (nSPS) is 9.57. The van der Waals surface area contributed by atoms with Gasteiger partial charge in [0.2, 0.25) is 0 Å². The SMILES string of the molecule is C=C(Br)COc1c(Cl)cccc1C=O. The first-order valence-corrected chi connectivity index (χ1v) is 5.02. The van der Waals surface area contributed by atoms with Gasteiger partial charge in [0.1, 0.15) is 12.4 Å². The number of hydrogen-bond donors (Lipinski definition) is 0. The Labute approximate surface area is 95.6 Å². The predicted octanol–water partition coefficient (Wildman–Crippen LogP) is 3.44. The summed E-state index contributed by atoms with van der Waals surface area (Å²) in [5, 5.41) is 0.420. The first kappa shape index (κ1) is 11.3. The van der Waals surface area contributed by atoms with Crippen LogP contribution in [0.4, 0.5) is 0 Å². The molecule has 0 saturated heterocycles. The Morgan fingerprint density at radius 3 is 2.93 bits per heavy atom. The van der Waals surface area contributed by atoms with E-state index in [9.17, 15) is 4.79 Å². The second kappa shape index (κ2) is 5.17. The molecule has 1 aromatic carbocycles. The van der Waals surface area contributed by atoms with E-state index in [1.165, 1.54) is 0 Å². The molecule has 0 heterocycles. The van der Waals surface area contributed by atoms with Crippen molar-refractivity contribution in [2.75, 3.05) is 6.61 Å². The number of rotatable bonds is 4. The first-order chi connectivity index (χ1) is 6.65. The maximum Gasteiger partial charge on any atom is 0.153 e. The summed E-state index contributed by atoms with van der Waals surface area (Å²) in [6, 6.07) is 5.01. The predicted molar refractivity (Wildman–Crippen MR) is 60.4 cm³/mol. The highest BCUT2D eigenvalue weighted by Gasteiger charge is 2.07. The molecule has 0 aliphatic rings. The lowest BCUT2D eigenvalue weighted by Gasteiger charge is -2.08. The van der Waals surface area contributed by atoms with Crippen LogP contribution in [0.1, 0.15) is 10.4 Å². The van der Waals surface area contributed by atoms with Crippen molar-refractivity contribution >= 4 is 33.8 Å². The molecule has 14 heavy (non-hydrogen) atoms. The largest absolute Gasteiger partial charge is 0.486 e. The summed E-state index contributed by atoms with van der Waals surface area (Å²) in [5.74, 6) is 0.393. The molecule has 0 spiro atoms. The fourth-order valence-electron chi connectivity index (χ4n) is 0.921. The van der Waals surface area contributed by atoms with Crippen LogP contribution in [-0.4, -0.2) is 12.9 Å². The number of hydrogen-bond acceptors (Lipinski definition) is 2. The summed E-state index contributed by atoms with van der Waals surface area (Å²) in [6.07, 6.45) is 0.707. The van der Waals surface area contributed by atoms with E-state index in [0.717, 1.165) is 0 Å². The monoisotopic (exact) mass is 274 g/mol. The van der Waals surface area contributed by atoms with Crippen LogP contribution in [0.2, 0.25) is 5.02 Å². The number of aldehydes is 1. The van der Waals surface area contributed by atoms with Crippen molar-refractivity contribution in [1.29, 1.82) is 0 Å². The van der Waals surface area contributed by atoms with E-state index in [4.69, 9.17) is 16.3 Å². The zero-order chi connectivity index (χ0) is 10.6. The Morgan fingerprint density at radius 2 is 2.36 bits per heavy atom. The molecule has 0 saturated carbocycles. The summed E-state index contributed by atoms with van der Waals surface area (Å²) in [4.78, 5) is 10.7. The number of ether oxygens (including phenoxy) is 1. The van der Waals surface area contributed by atoms with Crippen molar-refractivity contribution in [2.45, 2.75) is 0 Å². The van der Waals surface area contributed by atoms with Gasteiger partial charge in [-0.3, -0.25) is 4.79 Å². The molecule has 0 atom stereocenters. The molecule has 1 rings (SSSR count). The molecular weight excluding hydrogens is 267 g/mol. The first-order valence-electron chi connectivity index (χ1n) is 3.85. The molecule has 2 nitrogen and oxygen atoms in total. The van der Waals surface area contributed by atoms with Crippen molar-refractivity contribution < 1.29 is 9.53 Å². The molecule has 0 fully saturated rings. The van der Waals surface area contributed by atoms with Crippen LogP contribution < -0.4 is 4.74 Å². The quantitative estimate of drug-likeness (QED) is 0.787. The Hall–Kier alpha value is -0.800. The maximum absolute atomic E-state index is 10.7. The van der Waals surface area contributed by atoms with Crippen LogP contribution in [0.5, 0.6) is 5.75 Å². The van der Waals surface area contributed by atoms with E-state index < -0.39 is 0 Å². The van der Waals surface area contributed by atoms with Gasteiger partial charge in [0.25, 0.3) is 0 Å². The van der Waals surface area contributed by atoms with E-state index in [1.54, 1.807) is 18.2 Å². The highest BCUT2D eigenvalue weighted by Crippen LogP contribution is 2.28. The van der Waals surface area contributed by atoms with Crippen molar-refractivity contribution in [3.05, 3.63) is 39.8 Å². The minimum Gasteiger partial charge on any atom is -0.486 e. The zero-order valence-corrected chi connectivity index (χ0v) is 9.64. The van der Waals surface area contributed by atoms with Gasteiger partial charge in [-0.15, -0.1) is 0 Å². The fourth-order valence-corrected chi connectivity index (χ4v) is 1.27. The van der Waals surface area contributed by atoms with Crippen LogP contribution >= 0.6 is 27.5 Å². The molecule has 4 heteroatoms. The van der Waals surface area contributed by atoms with Crippen molar-refractivity contribution in [3.63, 3.8) is 0 Å². The number of para-hydroxylation sites is 1. The van der Waals surface area contributed by atoms with Gasteiger partial charge in [-0.1, -0.05) is 40.2 Å². The number of carbonyl (C=O) groups is 1. The van der Waals surface area contributed by atoms with Crippen LogP contribution in [0.3, 0.4) is 0 Å². The highest BCUT2D eigenvalue weighted by atomic mass is 79.9. The smallest absolute Gasteiger partial charge is 0.153 e. The van der Waals surface area contributed by atoms with E-state index in [-0.39, 0.29) is 6.61 Å². The Balaban J connectivity index is 2.93. The van der Waals surface area contributed by atoms with Gasteiger partial charge < -0.3 is 4.74 Å². The minimum atomic E-state index is 0.282. The van der Waals surface area contributed by atoms with Crippen LogP contribution in [0, 0.1) is 0 Å². The van der Waals surface area contributed by atoms with E-state index >= 15 is 0 Å². The fraction of sp³-hybridized carbons (Fsp3) is 0.100. The lowest BCUT2D eigenvalue weighted by atomic mass is 10.2. The number of carbonyl (C=O) groups excluding carboxylic acids is 1. The van der Waals surface area contributed by atoms with Gasteiger partial charge in [0.05, 0.1) is 10.6 Å². The van der Waals surface area contributed by atoms with E-state index in [2.05, 4.69) is 22.5 Å². The molecule has 1 aromatic rings. The van der Waals surface area contributed by atoms with Crippen molar-refractivity contribution in [3.8, 4) is 5.75 Å². The molecule has 0 aromatic heterocycles. The minimum absolute atomic E-state index is 0.282. The molecular formula is C10H8BrClO2. The molecule has 0 bridgehead atoms. The molecule has 0 amide bonds. The molecule has 0 aliphatic heterocycles. The third-order valence-electron chi connectivity index (χ3n) is 1.50. The summed E-state index contributed by atoms with van der Waals surface area (Å²) in [6.45, 7) is 3.90. The van der Waals surface area contributed by atoms with E-state index in [1.807, 2.05) is 0 Å². The Kier molecular flexibility index (Phi) is 4.17. The molecule has 0 radical (unpaired) electrons. The molecule has 74 valence electrons. The van der Waals surface area contributed by atoms with Gasteiger partial charge in [0, 0.05) is 4.48 Å². The van der Waals surface area contributed by atoms with Crippen LogP contribution in [-0.2, 0) is 0 Å². The maximum atomic E-state index is 10.7. The molecule has 0 unspecified atom stereocenters. The van der Waals surface area contributed by atoms with Gasteiger partial charge in [-0.25, -0.2) is 0 Å². The number of benzene rings is 1. The van der Waals surface area contributed by atoms with Crippen molar-refractivity contribution in [2.24, 2.45) is 0 Å². The Bertz CT molecular complexity index is 363. The van der Waals surface area contributed by atoms with Gasteiger partial charge in [-0.2, -0.15) is 0 Å². The summed E-state index contributed by atoms with van der Waals surface area (Å²) in [7, 11) is 0.